The fourth-order valence-corrected chi connectivity index (χ4v) is 5.23. The molecular weight excluding hydrogens is 262 g/mol. The van der Waals surface area contributed by atoms with Crippen LogP contribution < -0.4 is 0 Å². The summed E-state index contributed by atoms with van der Waals surface area (Å²) in [5.74, 6) is 0.101. The molecule has 0 bridgehead atoms. The van der Waals surface area contributed by atoms with Crippen LogP contribution >= 0.6 is 0 Å². The third-order valence-electron chi connectivity index (χ3n) is 4.27. The molecule has 102 valence electrons. The van der Waals surface area contributed by atoms with Crippen LogP contribution in [0.25, 0.3) is 0 Å². The van der Waals surface area contributed by atoms with E-state index in [1.165, 1.54) is 4.31 Å². The number of carbonyl (C=O) groups excluding carboxylic acids is 1. The van der Waals surface area contributed by atoms with Crippen molar-refractivity contribution in [2.45, 2.75) is 42.5 Å². The highest BCUT2D eigenvalue weighted by molar-refractivity contribution is 7.89. The van der Waals surface area contributed by atoms with Crippen LogP contribution in [0.3, 0.4) is 0 Å². The van der Waals surface area contributed by atoms with Crippen molar-refractivity contribution in [2.75, 3.05) is 6.54 Å². The Morgan fingerprint density at radius 1 is 1.05 bits per heavy atom. The maximum absolute atomic E-state index is 12.7. The number of rotatable bonds is 2. The van der Waals surface area contributed by atoms with Crippen molar-refractivity contribution in [2.24, 2.45) is 0 Å². The molecule has 0 amide bonds. The highest BCUT2D eigenvalue weighted by Gasteiger charge is 2.54. The molecule has 1 heterocycles. The molecule has 0 N–H and O–H groups in total. The van der Waals surface area contributed by atoms with E-state index in [0.717, 1.165) is 12.8 Å². The first kappa shape index (κ1) is 12.8. The van der Waals surface area contributed by atoms with Crippen molar-refractivity contribution in [3.8, 4) is 0 Å². The molecule has 1 saturated heterocycles. The SMILES string of the molecule is O=C1CCCC12CCCN2S(=O)(=O)c1ccccc1. The van der Waals surface area contributed by atoms with Gasteiger partial charge in [0.1, 0.15) is 0 Å². The molecule has 1 aliphatic carbocycles. The van der Waals surface area contributed by atoms with Gasteiger partial charge in [0.15, 0.2) is 5.78 Å². The van der Waals surface area contributed by atoms with E-state index in [4.69, 9.17) is 0 Å². The largest absolute Gasteiger partial charge is 0.298 e. The number of carbonyl (C=O) groups is 1. The third-order valence-corrected chi connectivity index (χ3v) is 6.25. The average molecular weight is 279 g/mol. The highest BCUT2D eigenvalue weighted by Crippen LogP contribution is 2.43. The molecule has 1 spiro atoms. The van der Waals surface area contributed by atoms with Gasteiger partial charge in [-0.25, -0.2) is 8.42 Å². The minimum atomic E-state index is -3.55. The van der Waals surface area contributed by atoms with Gasteiger partial charge in [-0.2, -0.15) is 4.31 Å². The van der Waals surface area contributed by atoms with Gasteiger partial charge in [-0.05, 0) is 37.8 Å². The molecule has 1 aliphatic heterocycles. The van der Waals surface area contributed by atoms with E-state index in [1.54, 1.807) is 30.3 Å². The third kappa shape index (κ3) is 1.83. The molecule has 2 aliphatic rings. The quantitative estimate of drug-likeness (QED) is 0.831. The van der Waals surface area contributed by atoms with Crippen LogP contribution in [-0.2, 0) is 14.8 Å². The second kappa shape index (κ2) is 4.42. The number of nitrogens with zero attached hydrogens (tertiary/aromatic N) is 1. The molecule has 1 aromatic carbocycles. The Bertz CT molecular complexity index is 592. The van der Waals surface area contributed by atoms with E-state index >= 15 is 0 Å². The normalized spacial score (nSPS) is 28.3. The average Bonchev–Trinajstić information content (AvgIpc) is 3.00. The molecule has 0 radical (unpaired) electrons. The molecule has 3 rings (SSSR count). The first-order valence-corrected chi connectivity index (χ1v) is 8.13. The van der Waals surface area contributed by atoms with Crippen LogP contribution in [0.4, 0.5) is 0 Å². The van der Waals surface area contributed by atoms with Gasteiger partial charge >= 0.3 is 0 Å². The summed E-state index contributed by atoms with van der Waals surface area (Å²) in [7, 11) is -3.55. The van der Waals surface area contributed by atoms with Gasteiger partial charge in [0, 0.05) is 13.0 Å². The summed E-state index contributed by atoms with van der Waals surface area (Å²) in [5.41, 5.74) is -0.741. The summed E-state index contributed by atoms with van der Waals surface area (Å²) in [4.78, 5) is 12.5. The van der Waals surface area contributed by atoms with Gasteiger partial charge in [-0.15, -0.1) is 0 Å². The van der Waals surface area contributed by atoms with E-state index in [0.29, 0.717) is 25.8 Å². The van der Waals surface area contributed by atoms with E-state index in [-0.39, 0.29) is 10.7 Å². The van der Waals surface area contributed by atoms with Gasteiger partial charge in [0.25, 0.3) is 0 Å². The van der Waals surface area contributed by atoms with Crippen LogP contribution in [-0.4, -0.2) is 30.6 Å². The van der Waals surface area contributed by atoms with Crippen LogP contribution in [0, 0.1) is 0 Å². The molecule has 19 heavy (non-hydrogen) atoms. The monoisotopic (exact) mass is 279 g/mol. The van der Waals surface area contributed by atoms with E-state index in [9.17, 15) is 13.2 Å². The van der Waals surface area contributed by atoms with Crippen LogP contribution in [0.15, 0.2) is 35.2 Å². The zero-order valence-electron chi connectivity index (χ0n) is 10.7. The van der Waals surface area contributed by atoms with Crippen molar-refractivity contribution in [1.82, 2.24) is 4.31 Å². The van der Waals surface area contributed by atoms with Crippen molar-refractivity contribution < 1.29 is 13.2 Å². The van der Waals surface area contributed by atoms with Crippen LogP contribution in [0.2, 0.25) is 0 Å². The molecule has 1 unspecified atom stereocenters. The Morgan fingerprint density at radius 2 is 1.74 bits per heavy atom. The van der Waals surface area contributed by atoms with Crippen molar-refractivity contribution >= 4 is 15.8 Å². The molecule has 2 fully saturated rings. The Labute approximate surface area is 113 Å². The number of benzene rings is 1. The minimum absolute atomic E-state index is 0.101. The summed E-state index contributed by atoms with van der Waals surface area (Å²) in [5, 5.41) is 0. The Morgan fingerprint density at radius 3 is 2.37 bits per heavy atom. The molecule has 1 aromatic rings. The van der Waals surface area contributed by atoms with Gasteiger partial charge in [-0.1, -0.05) is 18.2 Å². The van der Waals surface area contributed by atoms with Gasteiger partial charge in [0.2, 0.25) is 10.0 Å². The molecule has 1 saturated carbocycles. The zero-order valence-corrected chi connectivity index (χ0v) is 11.5. The van der Waals surface area contributed by atoms with Crippen molar-refractivity contribution in [1.29, 1.82) is 0 Å². The molecular formula is C14H17NO3S. The highest BCUT2D eigenvalue weighted by atomic mass is 32.2. The van der Waals surface area contributed by atoms with Crippen LogP contribution in [0.1, 0.15) is 32.1 Å². The van der Waals surface area contributed by atoms with E-state index < -0.39 is 15.6 Å². The second-order valence-electron chi connectivity index (χ2n) is 5.30. The maximum Gasteiger partial charge on any atom is 0.243 e. The topological polar surface area (TPSA) is 54.5 Å². The van der Waals surface area contributed by atoms with Gasteiger partial charge in [0.05, 0.1) is 10.4 Å². The maximum atomic E-state index is 12.7. The Hall–Kier alpha value is -1.20. The lowest BCUT2D eigenvalue weighted by Crippen LogP contribution is -2.50. The van der Waals surface area contributed by atoms with Crippen LogP contribution in [0.5, 0.6) is 0 Å². The summed E-state index contributed by atoms with van der Waals surface area (Å²) in [6, 6.07) is 8.42. The second-order valence-corrected chi connectivity index (χ2v) is 7.16. The fourth-order valence-electron chi connectivity index (χ4n) is 3.37. The smallest absolute Gasteiger partial charge is 0.243 e. The molecule has 5 heteroatoms. The van der Waals surface area contributed by atoms with E-state index in [1.807, 2.05) is 0 Å². The summed E-state index contributed by atoms with van der Waals surface area (Å²) < 4.78 is 26.9. The molecule has 0 aromatic heterocycles. The van der Waals surface area contributed by atoms with E-state index in [2.05, 4.69) is 0 Å². The number of Topliss-reactive ketones (excluding diaryl/α,β-unsaturated/α-hetero) is 1. The minimum Gasteiger partial charge on any atom is -0.298 e. The number of hydrogen-bond acceptors (Lipinski definition) is 3. The fraction of sp³-hybridized carbons (Fsp3) is 0.500. The number of ketones is 1. The Kier molecular flexibility index (Phi) is 2.98. The van der Waals surface area contributed by atoms with Gasteiger partial charge < -0.3 is 0 Å². The first-order valence-electron chi connectivity index (χ1n) is 6.69. The molecule has 4 nitrogen and oxygen atoms in total. The predicted octanol–water partition coefficient (Wildman–Crippen LogP) is 1.96. The number of hydrogen-bond donors (Lipinski definition) is 0. The summed E-state index contributed by atoms with van der Waals surface area (Å²) >= 11 is 0. The van der Waals surface area contributed by atoms with Crippen molar-refractivity contribution in [3.05, 3.63) is 30.3 Å². The Balaban J connectivity index is 2.04. The lowest BCUT2D eigenvalue weighted by Gasteiger charge is -2.32. The first-order chi connectivity index (χ1) is 9.07. The summed E-state index contributed by atoms with van der Waals surface area (Å²) in [6.45, 7) is 0.461. The predicted molar refractivity (Wildman–Crippen MR) is 71.2 cm³/mol. The van der Waals surface area contributed by atoms with Crippen molar-refractivity contribution in [3.63, 3.8) is 0 Å². The lowest BCUT2D eigenvalue weighted by atomic mass is 9.95. The zero-order chi connectivity index (χ0) is 13.5. The lowest BCUT2D eigenvalue weighted by molar-refractivity contribution is -0.124. The summed E-state index contributed by atoms with van der Waals surface area (Å²) in [6.07, 6.45) is 3.45. The molecule has 1 atom stereocenters. The van der Waals surface area contributed by atoms with Gasteiger partial charge in [-0.3, -0.25) is 4.79 Å². The number of sulfonamides is 1. The standard InChI is InChI=1S/C14H17NO3S/c16-13-8-4-9-14(13)10-5-11-15(14)19(17,18)12-6-2-1-3-7-12/h1-3,6-7H,4-5,8-11H2.